The van der Waals surface area contributed by atoms with Gasteiger partial charge in [-0.2, -0.15) is 4.98 Å². The number of aryl methyl sites for hydroxylation is 1. The van der Waals surface area contributed by atoms with Gasteiger partial charge in [-0.25, -0.2) is 4.98 Å². The summed E-state index contributed by atoms with van der Waals surface area (Å²) >= 11 is 0. The van der Waals surface area contributed by atoms with E-state index in [0.29, 0.717) is 37.1 Å². The first-order chi connectivity index (χ1) is 9.22. The van der Waals surface area contributed by atoms with Gasteiger partial charge in [-0.3, -0.25) is 0 Å². The second kappa shape index (κ2) is 8.31. The number of nitrogens with zero attached hydrogens (tertiary/aromatic N) is 2. The summed E-state index contributed by atoms with van der Waals surface area (Å²) in [4.78, 5) is 8.71. The first-order valence-corrected chi connectivity index (χ1v) is 6.35. The molecule has 0 aliphatic rings. The maximum atomic E-state index is 5.98. The quantitative estimate of drug-likeness (QED) is 0.522. The van der Waals surface area contributed by atoms with E-state index in [-0.39, 0.29) is 0 Å². The standard InChI is InChI=1S/C13H22N4O2/c1-4-6-10-16-12(15-7-5-2)11(14)13(17-10)19-9-8-18-3/h5H,2,4,6-9,14H2,1,3H3,(H,15,16,17). The van der Waals surface area contributed by atoms with Crippen molar-refractivity contribution in [2.45, 2.75) is 19.8 Å². The summed E-state index contributed by atoms with van der Waals surface area (Å²) in [5.74, 6) is 1.71. The van der Waals surface area contributed by atoms with Crippen molar-refractivity contribution in [3.05, 3.63) is 18.5 Å². The molecule has 0 saturated heterocycles. The second-order valence-corrected chi connectivity index (χ2v) is 3.97. The van der Waals surface area contributed by atoms with E-state index >= 15 is 0 Å². The van der Waals surface area contributed by atoms with Gasteiger partial charge >= 0.3 is 0 Å². The zero-order valence-electron chi connectivity index (χ0n) is 11.6. The summed E-state index contributed by atoms with van der Waals surface area (Å²) in [6.07, 6.45) is 3.48. The minimum atomic E-state index is 0.405. The van der Waals surface area contributed by atoms with Crippen molar-refractivity contribution in [1.29, 1.82) is 0 Å². The minimum absolute atomic E-state index is 0.405. The van der Waals surface area contributed by atoms with Crippen LogP contribution in [0.1, 0.15) is 19.2 Å². The lowest BCUT2D eigenvalue weighted by molar-refractivity contribution is 0.144. The van der Waals surface area contributed by atoms with Crippen molar-refractivity contribution in [2.75, 3.05) is 37.9 Å². The molecule has 0 aliphatic carbocycles. The molecule has 1 heterocycles. The second-order valence-electron chi connectivity index (χ2n) is 3.97. The molecule has 0 spiro atoms. The monoisotopic (exact) mass is 266 g/mol. The predicted molar refractivity (Wildman–Crippen MR) is 76.5 cm³/mol. The van der Waals surface area contributed by atoms with Gasteiger partial charge in [0.25, 0.3) is 0 Å². The summed E-state index contributed by atoms with van der Waals surface area (Å²) in [7, 11) is 1.62. The predicted octanol–water partition coefficient (Wildman–Crippen LogP) is 1.63. The van der Waals surface area contributed by atoms with Crippen LogP contribution in [0.2, 0.25) is 0 Å². The Labute approximate surface area is 114 Å². The number of hydrogen-bond acceptors (Lipinski definition) is 6. The fourth-order valence-corrected chi connectivity index (χ4v) is 1.46. The normalized spacial score (nSPS) is 10.2. The number of aromatic nitrogens is 2. The van der Waals surface area contributed by atoms with Crippen molar-refractivity contribution >= 4 is 11.5 Å². The van der Waals surface area contributed by atoms with Gasteiger partial charge in [0.1, 0.15) is 18.1 Å². The van der Waals surface area contributed by atoms with Crippen LogP contribution >= 0.6 is 0 Å². The summed E-state index contributed by atoms with van der Waals surface area (Å²) in [6.45, 7) is 7.21. The van der Waals surface area contributed by atoms with E-state index in [1.54, 1.807) is 13.2 Å². The number of nitrogen functional groups attached to an aromatic ring is 1. The first-order valence-electron chi connectivity index (χ1n) is 6.35. The third-order valence-corrected chi connectivity index (χ3v) is 2.37. The van der Waals surface area contributed by atoms with Gasteiger partial charge < -0.3 is 20.5 Å². The molecule has 6 nitrogen and oxygen atoms in total. The summed E-state index contributed by atoms with van der Waals surface area (Å²) in [5.41, 5.74) is 6.40. The third-order valence-electron chi connectivity index (χ3n) is 2.37. The lowest BCUT2D eigenvalue weighted by Crippen LogP contribution is -2.13. The molecule has 3 N–H and O–H groups in total. The van der Waals surface area contributed by atoms with Crippen LogP contribution in [-0.4, -0.2) is 36.8 Å². The molecule has 6 heteroatoms. The molecule has 0 fully saturated rings. The van der Waals surface area contributed by atoms with Crippen LogP contribution in [-0.2, 0) is 11.2 Å². The van der Waals surface area contributed by atoms with Crippen molar-refractivity contribution in [3.8, 4) is 5.88 Å². The number of ether oxygens (including phenoxy) is 2. The Kier molecular flexibility index (Phi) is 6.67. The number of anilines is 2. The summed E-state index contributed by atoms with van der Waals surface area (Å²) in [6, 6.07) is 0. The van der Waals surface area contributed by atoms with Gasteiger partial charge in [0, 0.05) is 20.1 Å². The van der Waals surface area contributed by atoms with Gasteiger partial charge in [-0.05, 0) is 6.42 Å². The summed E-state index contributed by atoms with van der Waals surface area (Å²) < 4.78 is 10.5. The van der Waals surface area contributed by atoms with Crippen molar-refractivity contribution in [2.24, 2.45) is 0 Å². The Bertz CT molecular complexity index is 410. The summed E-state index contributed by atoms with van der Waals surface area (Å²) in [5, 5.41) is 3.09. The van der Waals surface area contributed by atoms with E-state index < -0.39 is 0 Å². The molecule has 0 aromatic carbocycles. The largest absolute Gasteiger partial charge is 0.474 e. The van der Waals surface area contributed by atoms with E-state index in [1.807, 2.05) is 0 Å². The zero-order valence-corrected chi connectivity index (χ0v) is 11.6. The smallest absolute Gasteiger partial charge is 0.242 e. The molecule has 0 unspecified atom stereocenters. The molecule has 0 aliphatic heterocycles. The number of nitrogens with two attached hydrogens (primary N) is 1. The van der Waals surface area contributed by atoms with E-state index in [2.05, 4.69) is 28.8 Å². The number of methoxy groups -OCH3 is 1. The zero-order chi connectivity index (χ0) is 14.1. The fraction of sp³-hybridized carbons (Fsp3) is 0.538. The van der Waals surface area contributed by atoms with Crippen molar-refractivity contribution in [3.63, 3.8) is 0 Å². The lowest BCUT2D eigenvalue weighted by atomic mass is 10.3. The van der Waals surface area contributed by atoms with E-state index in [1.165, 1.54) is 0 Å². The van der Waals surface area contributed by atoms with E-state index in [4.69, 9.17) is 15.2 Å². The van der Waals surface area contributed by atoms with Gasteiger partial charge in [0.05, 0.1) is 6.61 Å². The number of nitrogens with one attached hydrogen (secondary N) is 1. The Hall–Kier alpha value is -1.82. The van der Waals surface area contributed by atoms with Gasteiger partial charge in [-0.1, -0.05) is 13.0 Å². The number of rotatable bonds is 9. The van der Waals surface area contributed by atoms with Crippen molar-refractivity contribution in [1.82, 2.24) is 9.97 Å². The molecule has 1 rings (SSSR count). The molecule has 0 radical (unpaired) electrons. The topological polar surface area (TPSA) is 82.3 Å². The Morgan fingerprint density at radius 2 is 2.16 bits per heavy atom. The molecule has 0 atom stereocenters. The molecular weight excluding hydrogens is 244 g/mol. The molecule has 0 saturated carbocycles. The van der Waals surface area contributed by atoms with Gasteiger partial charge in [0.2, 0.25) is 5.88 Å². The fourth-order valence-electron chi connectivity index (χ4n) is 1.46. The highest BCUT2D eigenvalue weighted by Crippen LogP contribution is 2.26. The van der Waals surface area contributed by atoms with E-state index in [0.717, 1.165) is 18.7 Å². The minimum Gasteiger partial charge on any atom is -0.474 e. The Morgan fingerprint density at radius 1 is 1.37 bits per heavy atom. The van der Waals surface area contributed by atoms with Crippen LogP contribution < -0.4 is 15.8 Å². The SMILES string of the molecule is C=CCNc1nc(CCC)nc(OCCOC)c1N. The van der Waals surface area contributed by atoms with Crippen LogP contribution in [0.4, 0.5) is 11.5 Å². The van der Waals surface area contributed by atoms with Crippen LogP contribution in [0.5, 0.6) is 5.88 Å². The Morgan fingerprint density at radius 3 is 2.79 bits per heavy atom. The molecule has 19 heavy (non-hydrogen) atoms. The van der Waals surface area contributed by atoms with Crippen LogP contribution in [0.25, 0.3) is 0 Å². The first kappa shape index (κ1) is 15.2. The maximum Gasteiger partial charge on any atom is 0.242 e. The molecule has 106 valence electrons. The van der Waals surface area contributed by atoms with Crippen LogP contribution in [0.3, 0.4) is 0 Å². The highest BCUT2D eigenvalue weighted by molar-refractivity contribution is 5.67. The molecule has 1 aromatic rings. The molecule has 1 aromatic heterocycles. The van der Waals surface area contributed by atoms with Gasteiger partial charge in [-0.15, -0.1) is 6.58 Å². The average Bonchev–Trinajstić information content (AvgIpc) is 2.41. The van der Waals surface area contributed by atoms with Gasteiger partial charge in [0.15, 0.2) is 5.82 Å². The average molecular weight is 266 g/mol. The maximum absolute atomic E-state index is 5.98. The van der Waals surface area contributed by atoms with Crippen LogP contribution in [0, 0.1) is 0 Å². The lowest BCUT2D eigenvalue weighted by Gasteiger charge is -2.13. The highest BCUT2D eigenvalue weighted by atomic mass is 16.5. The van der Waals surface area contributed by atoms with E-state index in [9.17, 15) is 0 Å². The van der Waals surface area contributed by atoms with Crippen LogP contribution in [0.15, 0.2) is 12.7 Å². The number of hydrogen-bond donors (Lipinski definition) is 2. The molecule has 0 amide bonds. The van der Waals surface area contributed by atoms with Crippen molar-refractivity contribution < 1.29 is 9.47 Å². The Balaban J connectivity index is 2.91. The molecule has 0 bridgehead atoms. The molecular formula is C13H22N4O2. The highest BCUT2D eigenvalue weighted by Gasteiger charge is 2.12. The third kappa shape index (κ3) is 4.75.